The Kier molecular flexibility index (Phi) is 11.8. The van der Waals surface area contributed by atoms with Crippen molar-refractivity contribution >= 4 is 46.2 Å². The molecule has 3 aromatic carbocycles. The van der Waals surface area contributed by atoms with Gasteiger partial charge < -0.3 is 24.8 Å². The quantitative estimate of drug-likeness (QED) is 0.159. The van der Waals surface area contributed by atoms with Crippen LogP contribution in [0.4, 0.5) is 24.5 Å². The number of nitrogens with one attached hydrogen (secondary N) is 2. The fourth-order valence-electron chi connectivity index (χ4n) is 4.28. The van der Waals surface area contributed by atoms with Crippen molar-refractivity contribution in [2.45, 2.75) is 39.4 Å². The van der Waals surface area contributed by atoms with Crippen molar-refractivity contribution in [3.63, 3.8) is 0 Å². The van der Waals surface area contributed by atoms with Gasteiger partial charge in [-0.15, -0.1) is 11.3 Å². The van der Waals surface area contributed by atoms with Gasteiger partial charge in [-0.25, -0.2) is 22.9 Å². The first kappa shape index (κ1) is 33.8. The van der Waals surface area contributed by atoms with E-state index in [0.717, 1.165) is 36.0 Å². The van der Waals surface area contributed by atoms with Crippen molar-refractivity contribution < 1.29 is 37.0 Å². The average Bonchev–Trinajstić information content (AvgIpc) is 3.47. The lowest BCUT2D eigenvalue weighted by Crippen LogP contribution is -2.33. The Morgan fingerprint density at radius 2 is 1.78 bits per heavy atom. The van der Waals surface area contributed by atoms with Gasteiger partial charge in [-0.1, -0.05) is 31.5 Å². The molecular weight excluding hydrogens is 631 g/mol. The van der Waals surface area contributed by atoms with Gasteiger partial charge in [-0.3, -0.25) is 4.79 Å². The molecule has 1 aromatic heterocycles. The van der Waals surface area contributed by atoms with Crippen LogP contribution >= 0.6 is 22.9 Å². The van der Waals surface area contributed by atoms with Gasteiger partial charge >= 0.3 is 5.97 Å². The number of anilines is 2. The number of amides is 1. The summed E-state index contributed by atoms with van der Waals surface area (Å²) in [5, 5.41) is 6.08. The molecule has 1 fully saturated rings. The van der Waals surface area contributed by atoms with Crippen LogP contribution in [0, 0.1) is 17.5 Å². The van der Waals surface area contributed by atoms with Gasteiger partial charge in [-0.05, 0) is 48.9 Å². The van der Waals surface area contributed by atoms with Gasteiger partial charge in [0.05, 0.1) is 42.1 Å². The largest absolute Gasteiger partial charge is 0.472 e. The lowest BCUT2D eigenvalue weighted by atomic mass is 10.1. The third-order valence-electron chi connectivity index (χ3n) is 6.67. The van der Waals surface area contributed by atoms with Crippen LogP contribution in [-0.2, 0) is 27.3 Å². The number of esters is 1. The Hall–Kier alpha value is -4.13. The zero-order valence-electron chi connectivity index (χ0n) is 24.7. The molecule has 2 N–H and O–H groups in total. The normalized spacial score (nSPS) is 13.6. The monoisotopic (exact) mass is 661 g/mol. The molecule has 1 aliphatic rings. The number of halogens is 4. The molecule has 1 aliphatic heterocycles. The van der Waals surface area contributed by atoms with E-state index in [9.17, 15) is 14.0 Å². The number of thiazole rings is 1. The molecule has 1 atom stereocenters. The summed E-state index contributed by atoms with van der Waals surface area (Å²) >= 11 is 6.80. The van der Waals surface area contributed by atoms with Gasteiger partial charge in [0.2, 0.25) is 11.8 Å². The lowest BCUT2D eigenvalue weighted by Gasteiger charge is -2.27. The lowest BCUT2D eigenvalue weighted by molar-refractivity contribution is -0.115. The van der Waals surface area contributed by atoms with Gasteiger partial charge in [0.1, 0.15) is 28.9 Å². The molecule has 13 heteroatoms. The molecule has 0 radical (unpaired) electrons. The Balaban J connectivity index is 0.00000226. The average molecular weight is 662 g/mol. The number of methoxy groups -OCH3 is 1. The number of nitrogens with zero attached hydrogens (tertiary/aromatic N) is 1. The van der Waals surface area contributed by atoms with Gasteiger partial charge in [0.25, 0.3) is 0 Å². The fraction of sp³-hybridized carbons (Fsp3) is 0.281. The molecule has 1 unspecified atom stereocenters. The van der Waals surface area contributed by atoms with Crippen LogP contribution in [0.2, 0.25) is 5.02 Å². The zero-order valence-corrected chi connectivity index (χ0v) is 26.3. The van der Waals surface area contributed by atoms with E-state index in [4.69, 9.17) is 25.8 Å². The molecular formula is C32H31ClF3N3O5S. The predicted molar refractivity (Wildman–Crippen MR) is 168 cm³/mol. The predicted octanol–water partition coefficient (Wildman–Crippen LogP) is 7.65. The van der Waals surface area contributed by atoms with Crippen molar-refractivity contribution in [1.82, 2.24) is 4.98 Å². The summed E-state index contributed by atoms with van der Waals surface area (Å²) in [6, 6.07) is 10.6. The van der Waals surface area contributed by atoms with Crippen LogP contribution in [0.25, 0.3) is 10.4 Å². The maximum atomic E-state index is 15.2. The molecule has 0 saturated carbocycles. The fourth-order valence-corrected chi connectivity index (χ4v) is 5.19. The summed E-state index contributed by atoms with van der Waals surface area (Å²) in [5.74, 6) is -3.32. The van der Waals surface area contributed by atoms with E-state index in [1.165, 1.54) is 43.0 Å². The molecule has 0 bridgehead atoms. The van der Waals surface area contributed by atoms with Crippen LogP contribution in [-0.4, -0.2) is 43.2 Å². The molecule has 2 heterocycles. The highest BCUT2D eigenvalue weighted by Gasteiger charge is 2.22. The minimum atomic E-state index is -0.809. The maximum absolute atomic E-state index is 15.2. The minimum absolute atomic E-state index is 0.00369. The highest BCUT2D eigenvalue weighted by molar-refractivity contribution is 7.13. The first-order valence-corrected chi connectivity index (χ1v) is 15.3. The van der Waals surface area contributed by atoms with Crippen molar-refractivity contribution in [3.8, 4) is 16.3 Å². The summed E-state index contributed by atoms with van der Waals surface area (Å²) in [6.07, 6.45) is 0.418. The second-order valence-corrected chi connectivity index (χ2v) is 10.9. The van der Waals surface area contributed by atoms with Crippen LogP contribution in [0.1, 0.15) is 41.8 Å². The number of carbonyl (C=O) groups is 2. The van der Waals surface area contributed by atoms with E-state index >= 15 is 8.78 Å². The second kappa shape index (κ2) is 15.7. The molecule has 0 aliphatic carbocycles. The van der Waals surface area contributed by atoms with E-state index in [1.807, 2.05) is 13.8 Å². The summed E-state index contributed by atoms with van der Waals surface area (Å²) in [4.78, 5) is 29.2. The number of hydrogen-bond acceptors (Lipinski definition) is 8. The SMILES string of the molecule is CC.COC(=O)c1ccc(NC(=O)Cc2cc(F)c(-c3scnc3OCc3ccc(Cl)cc3F)cc2F)c(NCC2CCO2)c1. The van der Waals surface area contributed by atoms with Gasteiger partial charge in [-0.2, -0.15) is 0 Å². The Morgan fingerprint density at radius 3 is 2.47 bits per heavy atom. The molecule has 238 valence electrons. The highest BCUT2D eigenvalue weighted by atomic mass is 35.5. The first-order valence-electron chi connectivity index (χ1n) is 14.1. The second-order valence-electron chi connectivity index (χ2n) is 9.57. The number of hydrogen-bond donors (Lipinski definition) is 2. The number of ether oxygens (including phenoxy) is 3. The van der Waals surface area contributed by atoms with Crippen LogP contribution in [0.15, 0.2) is 54.0 Å². The van der Waals surface area contributed by atoms with Crippen molar-refractivity contribution in [1.29, 1.82) is 0 Å². The van der Waals surface area contributed by atoms with Gasteiger partial charge in [0, 0.05) is 34.9 Å². The zero-order chi connectivity index (χ0) is 32.5. The van der Waals surface area contributed by atoms with E-state index in [0.29, 0.717) is 24.5 Å². The molecule has 0 spiro atoms. The van der Waals surface area contributed by atoms with Crippen molar-refractivity contribution in [3.05, 3.63) is 93.2 Å². The van der Waals surface area contributed by atoms with E-state index in [-0.39, 0.29) is 50.7 Å². The third kappa shape index (κ3) is 8.53. The Bertz CT molecular complexity index is 1670. The number of aromatic nitrogens is 1. The van der Waals surface area contributed by atoms with Crippen LogP contribution in [0.5, 0.6) is 5.88 Å². The highest BCUT2D eigenvalue weighted by Crippen LogP contribution is 2.37. The first-order chi connectivity index (χ1) is 21.7. The summed E-state index contributed by atoms with van der Waals surface area (Å²) in [7, 11) is 1.26. The summed E-state index contributed by atoms with van der Waals surface area (Å²) in [5.41, 5.74) is 2.40. The number of benzene rings is 3. The molecule has 4 aromatic rings. The minimum Gasteiger partial charge on any atom is -0.472 e. The molecule has 8 nitrogen and oxygen atoms in total. The van der Waals surface area contributed by atoms with Crippen LogP contribution < -0.4 is 15.4 Å². The molecule has 1 amide bonds. The standard InChI is InChI=1S/C30H25ClF3N3O5S.C2H6/c1-40-30(39)16-3-5-25(26(9-16)35-13-20-6-7-41-20)37-27(38)10-18-8-24(34)21(12-23(18)33)28-29(36-15-43-28)42-14-17-2-4-19(31)11-22(17)32;1-2/h2-5,8-9,11-12,15,20,35H,6-7,10,13-14H2,1H3,(H,37,38);1-2H3. The third-order valence-corrected chi connectivity index (χ3v) is 7.75. The number of rotatable bonds is 11. The maximum Gasteiger partial charge on any atom is 0.337 e. The van der Waals surface area contributed by atoms with E-state index in [1.54, 1.807) is 0 Å². The van der Waals surface area contributed by atoms with Crippen molar-refractivity contribution in [2.24, 2.45) is 0 Å². The smallest absolute Gasteiger partial charge is 0.337 e. The van der Waals surface area contributed by atoms with Crippen molar-refractivity contribution in [2.75, 3.05) is 30.9 Å². The van der Waals surface area contributed by atoms with Gasteiger partial charge in [0.15, 0.2) is 0 Å². The Labute approximate surface area is 267 Å². The number of carbonyl (C=O) groups excluding carboxylic acids is 2. The topological polar surface area (TPSA) is 98.8 Å². The molecule has 45 heavy (non-hydrogen) atoms. The van der Waals surface area contributed by atoms with E-state index < -0.39 is 35.7 Å². The van der Waals surface area contributed by atoms with E-state index in [2.05, 4.69) is 15.6 Å². The Morgan fingerprint density at radius 1 is 1.02 bits per heavy atom. The molecule has 5 rings (SSSR count). The van der Waals surface area contributed by atoms with Crippen LogP contribution in [0.3, 0.4) is 0 Å². The molecule has 1 saturated heterocycles. The summed E-state index contributed by atoms with van der Waals surface area (Å²) in [6.45, 7) is 4.92. The summed E-state index contributed by atoms with van der Waals surface area (Å²) < 4.78 is 60.3.